The minimum absolute atomic E-state index is 0.303. The van der Waals surface area contributed by atoms with Crippen LogP contribution in [-0.2, 0) is 0 Å². The van der Waals surface area contributed by atoms with Crippen LogP contribution < -0.4 is 19.5 Å². The molecule has 2 aromatic carbocycles. The highest BCUT2D eigenvalue weighted by atomic mass is 16.5. The lowest BCUT2D eigenvalue weighted by Crippen LogP contribution is -2.14. The van der Waals surface area contributed by atoms with Gasteiger partial charge in [-0.3, -0.25) is 4.79 Å². The first-order chi connectivity index (χ1) is 10.7. The van der Waals surface area contributed by atoms with Crippen LogP contribution in [0.5, 0.6) is 17.2 Å². The molecule has 5 heteroatoms. The molecule has 0 heterocycles. The smallest absolute Gasteiger partial charge is 0.263 e. The molecule has 2 rings (SSSR count). The number of methoxy groups -OCH3 is 2. The summed E-state index contributed by atoms with van der Waals surface area (Å²) in [6, 6.07) is 12.4. The number of hydrogen-bond acceptors (Lipinski definition) is 4. The van der Waals surface area contributed by atoms with Gasteiger partial charge in [-0.1, -0.05) is 12.1 Å². The van der Waals surface area contributed by atoms with Crippen molar-refractivity contribution in [3.05, 3.63) is 48.0 Å². The molecule has 0 atom stereocenters. The molecular weight excluding hydrogens is 282 g/mol. The second kappa shape index (κ2) is 7.36. The Bertz CT molecular complexity index is 633. The van der Waals surface area contributed by atoms with Crippen LogP contribution in [-0.4, -0.2) is 26.7 Å². The fourth-order valence-electron chi connectivity index (χ4n) is 2.10. The molecule has 0 spiro atoms. The molecule has 0 aliphatic heterocycles. The van der Waals surface area contributed by atoms with Crippen LogP contribution >= 0.6 is 0 Å². The van der Waals surface area contributed by atoms with Gasteiger partial charge in [0.25, 0.3) is 5.91 Å². The van der Waals surface area contributed by atoms with E-state index in [9.17, 15) is 4.79 Å². The molecule has 0 fully saturated rings. The van der Waals surface area contributed by atoms with Crippen LogP contribution in [0.2, 0.25) is 0 Å². The second-order valence-corrected chi connectivity index (χ2v) is 4.45. The number of carbonyl (C=O) groups is 1. The minimum Gasteiger partial charge on any atom is -0.496 e. The Morgan fingerprint density at radius 1 is 1.05 bits per heavy atom. The number of carbonyl (C=O) groups excluding carboxylic acids is 1. The van der Waals surface area contributed by atoms with E-state index in [1.165, 1.54) is 14.2 Å². The predicted molar refractivity (Wildman–Crippen MR) is 85.1 cm³/mol. The normalized spacial score (nSPS) is 9.95. The Labute approximate surface area is 129 Å². The van der Waals surface area contributed by atoms with Gasteiger partial charge < -0.3 is 19.5 Å². The average molecular weight is 301 g/mol. The second-order valence-electron chi connectivity index (χ2n) is 4.45. The van der Waals surface area contributed by atoms with E-state index in [0.717, 1.165) is 0 Å². The van der Waals surface area contributed by atoms with E-state index < -0.39 is 0 Å². The van der Waals surface area contributed by atoms with Crippen LogP contribution in [0.4, 0.5) is 5.69 Å². The molecule has 0 saturated carbocycles. The molecule has 1 N–H and O–H groups in total. The zero-order valence-electron chi connectivity index (χ0n) is 12.9. The molecule has 22 heavy (non-hydrogen) atoms. The first kappa shape index (κ1) is 15.7. The Morgan fingerprint density at radius 2 is 1.68 bits per heavy atom. The molecule has 0 aromatic heterocycles. The highest BCUT2D eigenvalue weighted by molar-refractivity contribution is 6.08. The average Bonchev–Trinajstić information content (AvgIpc) is 2.54. The van der Waals surface area contributed by atoms with Crippen LogP contribution in [0, 0.1) is 0 Å². The lowest BCUT2D eigenvalue weighted by Gasteiger charge is -2.13. The van der Waals surface area contributed by atoms with Crippen molar-refractivity contribution in [2.24, 2.45) is 0 Å². The van der Waals surface area contributed by atoms with E-state index in [2.05, 4.69) is 5.32 Å². The summed E-state index contributed by atoms with van der Waals surface area (Å²) < 4.78 is 15.9. The first-order valence-corrected chi connectivity index (χ1v) is 6.94. The van der Waals surface area contributed by atoms with Crippen molar-refractivity contribution in [1.82, 2.24) is 0 Å². The van der Waals surface area contributed by atoms with Gasteiger partial charge in [0.2, 0.25) is 0 Å². The van der Waals surface area contributed by atoms with E-state index in [1.807, 2.05) is 19.1 Å². The van der Waals surface area contributed by atoms with Crippen LogP contribution in [0.3, 0.4) is 0 Å². The summed E-state index contributed by atoms with van der Waals surface area (Å²) in [5.74, 6) is 1.31. The van der Waals surface area contributed by atoms with Crippen LogP contribution in [0.25, 0.3) is 0 Å². The highest BCUT2D eigenvalue weighted by Gasteiger charge is 2.18. The number of anilines is 1. The number of hydrogen-bond donors (Lipinski definition) is 1. The summed E-state index contributed by atoms with van der Waals surface area (Å²) in [6.07, 6.45) is 0. The number of amides is 1. The topological polar surface area (TPSA) is 56.8 Å². The Hall–Kier alpha value is -2.69. The van der Waals surface area contributed by atoms with Crippen molar-refractivity contribution in [3.8, 4) is 17.2 Å². The lowest BCUT2D eigenvalue weighted by molar-refractivity contribution is 0.102. The molecular formula is C17H19NO4. The lowest BCUT2D eigenvalue weighted by atomic mass is 10.1. The number of nitrogens with one attached hydrogen (secondary N) is 1. The van der Waals surface area contributed by atoms with Gasteiger partial charge in [-0.25, -0.2) is 0 Å². The molecule has 5 nitrogen and oxygen atoms in total. The van der Waals surface area contributed by atoms with E-state index >= 15 is 0 Å². The Balaban J connectivity index is 2.27. The molecule has 116 valence electrons. The van der Waals surface area contributed by atoms with Crippen molar-refractivity contribution in [2.75, 3.05) is 26.1 Å². The third-order valence-corrected chi connectivity index (χ3v) is 3.06. The number of rotatable bonds is 6. The summed E-state index contributed by atoms with van der Waals surface area (Å²) in [5.41, 5.74) is 0.998. The standard InChI is InChI=1S/C17H19NO4/c1-4-22-13-8-5-7-12(11-13)18-17(19)16-14(20-2)9-6-10-15(16)21-3/h5-11H,4H2,1-3H3,(H,18,19). The third kappa shape index (κ3) is 3.49. The Kier molecular flexibility index (Phi) is 5.25. The number of benzene rings is 2. The summed E-state index contributed by atoms with van der Waals surface area (Å²) in [5, 5.41) is 2.83. The molecule has 0 bridgehead atoms. The van der Waals surface area contributed by atoms with E-state index in [1.54, 1.807) is 30.3 Å². The van der Waals surface area contributed by atoms with Crippen molar-refractivity contribution in [1.29, 1.82) is 0 Å². The largest absolute Gasteiger partial charge is 0.496 e. The van der Waals surface area contributed by atoms with Gasteiger partial charge in [-0.05, 0) is 31.2 Å². The van der Waals surface area contributed by atoms with Gasteiger partial charge in [-0.2, -0.15) is 0 Å². The fraction of sp³-hybridized carbons (Fsp3) is 0.235. The molecule has 0 unspecified atom stereocenters. The molecule has 0 radical (unpaired) electrons. The third-order valence-electron chi connectivity index (χ3n) is 3.06. The maximum absolute atomic E-state index is 12.5. The quantitative estimate of drug-likeness (QED) is 0.889. The molecule has 0 aliphatic rings. The molecule has 1 amide bonds. The summed E-state index contributed by atoms with van der Waals surface area (Å²) in [4.78, 5) is 12.5. The van der Waals surface area contributed by atoms with Crippen molar-refractivity contribution in [2.45, 2.75) is 6.92 Å². The number of ether oxygens (including phenoxy) is 3. The minimum atomic E-state index is -0.303. The molecule has 0 saturated heterocycles. The van der Waals surface area contributed by atoms with E-state index in [0.29, 0.717) is 35.1 Å². The summed E-state index contributed by atoms with van der Waals surface area (Å²) >= 11 is 0. The zero-order valence-corrected chi connectivity index (χ0v) is 12.9. The SMILES string of the molecule is CCOc1cccc(NC(=O)c2c(OC)cccc2OC)c1. The van der Waals surface area contributed by atoms with Gasteiger partial charge in [0.15, 0.2) is 0 Å². The summed E-state index contributed by atoms with van der Waals surface area (Å²) in [7, 11) is 3.03. The van der Waals surface area contributed by atoms with E-state index in [4.69, 9.17) is 14.2 Å². The predicted octanol–water partition coefficient (Wildman–Crippen LogP) is 3.35. The zero-order chi connectivity index (χ0) is 15.9. The maximum atomic E-state index is 12.5. The molecule has 2 aromatic rings. The van der Waals surface area contributed by atoms with Gasteiger partial charge in [-0.15, -0.1) is 0 Å². The molecule has 0 aliphatic carbocycles. The highest BCUT2D eigenvalue weighted by Crippen LogP contribution is 2.29. The van der Waals surface area contributed by atoms with Gasteiger partial charge >= 0.3 is 0 Å². The maximum Gasteiger partial charge on any atom is 0.263 e. The van der Waals surface area contributed by atoms with Crippen LogP contribution in [0.1, 0.15) is 17.3 Å². The van der Waals surface area contributed by atoms with E-state index in [-0.39, 0.29) is 5.91 Å². The van der Waals surface area contributed by atoms with Crippen molar-refractivity contribution in [3.63, 3.8) is 0 Å². The fourth-order valence-corrected chi connectivity index (χ4v) is 2.10. The van der Waals surface area contributed by atoms with Gasteiger partial charge in [0, 0.05) is 11.8 Å². The monoisotopic (exact) mass is 301 g/mol. The van der Waals surface area contributed by atoms with Gasteiger partial charge in [0.05, 0.1) is 20.8 Å². The first-order valence-electron chi connectivity index (χ1n) is 6.94. The summed E-state index contributed by atoms with van der Waals surface area (Å²) in [6.45, 7) is 2.47. The van der Waals surface area contributed by atoms with Crippen molar-refractivity contribution >= 4 is 11.6 Å². The van der Waals surface area contributed by atoms with Crippen LogP contribution in [0.15, 0.2) is 42.5 Å². The van der Waals surface area contributed by atoms with Crippen molar-refractivity contribution < 1.29 is 19.0 Å². The van der Waals surface area contributed by atoms with Gasteiger partial charge in [0.1, 0.15) is 22.8 Å². The Morgan fingerprint density at radius 3 is 2.27 bits per heavy atom.